The first-order chi connectivity index (χ1) is 16.4. The van der Waals surface area contributed by atoms with Crippen LogP contribution >= 0.6 is 11.6 Å². The minimum atomic E-state index is -0.553. The van der Waals surface area contributed by atoms with Crippen LogP contribution in [0.1, 0.15) is 16.1 Å². The summed E-state index contributed by atoms with van der Waals surface area (Å²) in [6, 6.07) is 19.8. The van der Waals surface area contributed by atoms with Crippen molar-refractivity contribution in [2.24, 2.45) is 0 Å². The van der Waals surface area contributed by atoms with Crippen LogP contribution in [0.5, 0.6) is 17.2 Å². The van der Waals surface area contributed by atoms with Gasteiger partial charge in [-0.25, -0.2) is 4.68 Å². The van der Waals surface area contributed by atoms with Crippen LogP contribution < -0.4 is 14.8 Å². The monoisotopic (exact) mass is 478 g/mol. The van der Waals surface area contributed by atoms with Crippen LogP contribution in [0, 0.1) is 17.0 Å². The lowest BCUT2D eigenvalue weighted by Crippen LogP contribution is -2.14. The third-order valence-electron chi connectivity index (χ3n) is 4.71. The standard InChI is InChI=1S/C24H19ClN4O5/c1-16-5-2-3-8-23(16)34-21-13-18(12-19(14-21)29(31)32)26-24(30)22-9-10-28(27-22)15-33-20-7-4-6-17(25)11-20/h2-14H,15H2,1H3,(H,26,30). The lowest BCUT2D eigenvalue weighted by atomic mass is 10.2. The molecule has 34 heavy (non-hydrogen) atoms. The molecule has 1 amide bonds. The molecule has 0 aliphatic heterocycles. The average molecular weight is 479 g/mol. The van der Waals surface area contributed by atoms with Gasteiger partial charge >= 0.3 is 0 Å². The smallest absolute Gasteiger partial charge is 0.276 e. The number of aromatic nitrogens is 2. The molecule has 0 aliphatic carbocycles. The summed E-state index contributed by atoms with van der Waals surface area (Å²) >= 11 is 5.94. The minimum absolute atomic E-state index is 0.0683. The summed E-state index contributed by atoms with van der Waals surface area (Å²) in [5.74, 6) is 0.800. The molecule has 0 spiro atoms. The van der Waals surface area contributed by atoms with Gasteiger partial charge in [-0.3, -0.25) is 14.9 Å². The van der Waals surface area contributed by atoms with Crippen molar-refractivity contribution in [3.8, 4) is 17.2 Å². The number of aryl methyl sites for hydroxylation is 1. The fraction of sp³-hybridized carbons (Fsp3) is 0.0833. The number of nitrogens with zero attached hydrogens (tertiary/aromatic N) is 3. The zero-order valence-electron chi connectivity index (χ0n) is 18.0. The summed E-state index contributed by atoms with van der Waals surface area (Å²) < 4.78 is 12.9. The van der Waals surface area contributed by atoms with E-state index in [2.05, 4.69) is 10.4 Å². The van der Waals surface area contributed by atoms with Gasteiger partial charge in [-0.05, 0) is 42.8 Å². The zero-order valence-corrected chi connectivity index (χ0v) is 18.7. The molecule has 4 rings (SSSR count). The first-order valence-corrected chi connectivity index (χ1v) is 10.5. The van der Waals surface area contributed by atoms with Gasteiger partial charge < -0.3 is 14.8 Å². The predicted molar refractivity (Wildman–Crippen MR) is 127 cm³/mol. The predicted octanol–water partition coefficient (Wildman–Crippen LogP) is 5.83. The highest BCUT2D eigenvalue weighted by Gasteiger charge is 2.16. The Kier molecular flexibility index (Phi) is 6.74. The van der Waals surface area contributed by atoms with Crippen molar-refractivity contribution in [1.82, 2.24) is 9.78 Å². The molecule has 3 aromatic carbocycles. The summed E-state index contributed by atoms with van der Waals surface area (Å²) in [5, 5.41) is 18.8. The van der Waals surface area contributed by atoms with E-state index in [9.17, 15) is 14.9 Å². The molecule has 10 heteroatoms. The fourth-order valence-corrected chi connectivity index (χ4v) is 3.25. The molecular weight excluding hydrogens is 460 g/mol. The summed E-state index contributed by atoms with van der Waals surface area (Å²) in [6.07, 6.45) is 1.58. The molecule has 0 unspecified atom stereocenters. The van der Waals surface area contributed by atoms with Crippen LogP contribution in [0.2, 0.25) is 5.02 Å². The van der Waals surface area contributed by atoms with E-state index in [1.807, 2.05) is 19.1 Å². The number of nitro groups is 1. The molecule has 9 nitrogen and oxygen atoms in total. The molecule has 0 radical (unpaired) electrons. The van der Waals surface area contributed by atoms with Crippen LogP contribution in [0.15, 0.2) is 79.0 Å². The summed E-state index contributed by atoms with van der Waals surface area (Å²) in [4.78, 5) is 23.5. The van der Waals surface area contributed by atoms with E-state index in [-0.39, 0.29) is 29.5 Å². The van der Waals surface area contributed by atoms with Gasteiger partial charge in [-0.1, -0.05) is 35.9 Å². The highest BCUT2D eigenvalue weighted by Crippen LogP contribution is 2.31. The quantitative estimate of drug-likeness (QED) is 0.252. The summed E-state index contributed by atoms with van der Waals surface area (Å²) in [7, 11) is 0. The van der Waals surface area contributed by atoms with Gasteiger partial charge in [-0.15, -0.1) is 0 Å². The second-order valence-corrected chi connectivity index (χ2v) is 7.70. The summed E-state index contributed by atoms with van der Waals surface area (Å²) in [5.41, 5.74) is 0.960. The molecule has 1 aromatic heterocycles. The molecule has 4 aromatic rings. The zero-order chi connectivity index (χ0) is 24.1. The van der Waals surface area contributed by atoms with Crippen molar-refractivity contribution in [1.29, 1.82) is 0 Å². The van der Waals surface area contributed by atoms with Crippen LogP contribution in [-0.2, 0) is 6.73 Å². The maximum absolute atomic E-state index is 12.7. The highest BCUT2D eigenvalue weighted by atomic mass is 35.5. The molecule has 1 heterocycles. The van der Waals surface area contributed by atoms with E-state index in [1.165, 1.54) is 28.9 Å². The Morgan fingerprint density at radius 2 is 1.91 bits per heavy atom. The number of non-ortho nitro benzene ring substituents is 1. The molecule has 0 bridgehead atoms. The van der Waals surface area contributed by atoms with Crippen molar-refractivity contribution >= 4 is 28.9 Å². The Balaban J connectivity index is 1.47. The topological polar surface area (TPSA) is 109 Å². The minimum Gasteiger partial charge on any atom is -0.471 e. The van der Waals surface area contributed by atoms with E-state index in [4.69, 9.17) is 21.1 Å². The van der Waals surface area contributed by atoms with Gasteiger partial charge in [0, 0.05) is 23.4 Å². The Hall–Kier alpha value is -4.37. The number of carbonyl (C=O) groups excluding carboxylic acids is 1. The molecule has 0 atom stereocenters. The van der Waals surface area contributed by atoms with Gasteiger partial charge in [0.2, 0.25) is 0 Å². The fourth-order valence-electron chi connectivity index (χ4n) is 3.07. The summed E-state index contributed by atoms with van der Waals surface area (Å²) in [6.45, 7) is 1.93. The number of ether oxygens (including phenoxy) is 2. The number of para-hydroxylation sites is 1. The molecule has 0 fully saturated rings. The van der Waals surface area contributed by atoms with E-state index in [0.29, 0.717) is 16.5 Å². The number of nitro benzene ring substituents is 1. The maximum Gasteiger partial charge on any atom is 0.276 e. The number of anilines is 1. The number of nitrogens with one attached hydrogen (secondary N) is 1. The highest BCUT2D eigenvalue weighted by molar-refractivity contribution is 6.30. The lowest BCUT2D eigenvalue weighted by Gasteiger charge is -2.10. The van der Waals surface area contributed by atoms with Gasteiger partial charge in [0.1, 0.15) is 17.2 Å². The van der Waals surface area contributed by atoms with E-state index in [1.54, 1.807) is 42.6 Å². The van der Waals surface area contributed by atoms with E-state index < -0.39 is 10.8 Å². The molecule has 0 aliphatic rings. The molecule has 172 valence electrons. The SMILES string of the molecule is Cc1ccccc1Oc1cc(NC(=O)c2ccn(COc3cccc(Cl)c3)n2)cc([N+](=O)[O-])c1. The van der Waals surface area contributed by atoms with Crippen molar-refractivity contribution in [2.75, 3.05) is 5.32 Å². The van der Waals surface area contributed by atoms with Gasteiger partial charge in [0.25, 0.3) is 11.6 Å². The van der Waals surface area contributed by atoms with E-state index >= 15 is 0 Å². The molecule has 1 N–H and O–H groups in total. The first kappa shape index (κ1) is 22.8. The van der Waals surface area contributed by atoms with Crippen LogP contribution in [0.3, 0.4) is 0 Å². The average Bonchev–Trinajstić information content (AvgIpc) is 3.28. The second-order valence-electron chi connectivity index (χ2n) is 7.27. The molecule has 0 saturated carbocycles. The lowest BCUT2D eigenvalue weighted by molar-refractivity contribution is -0.384. The number of benzene rings is 3. The number of amides is 1. The van der Waals surface area contributed by atoms with Crippen molar-refractivity contribution in [3.63, 3.8) is 0 Å². The maximum atomic E-state index is 12.7. The van der Waals surface area contributed by atoms with Gasteiger partial charge in [0.15, 0.2) is 12.4 Å². The number of hydrogen-bond donors (Lipinski definition) is 1. The first-order valence-electron chi connectivity index (χ1n) is 10.1. The second kappa shape index (κ2) is 10.1. The van der Waals surface area contributed by atoms with Gasteiger partial charge in [0.05, 0.1) is 16.7 Å². The molecular formula is C24H19ClN4O5. The molecule has 0 saturated heterocycles. The van der Waals surface area contributed by atoms with Crippen LogP contribution in [-0.4, -0.2) is 20.6 Å². The van der Waals surface area contributed by atoms with Crippen molar-refractivity contribution in [2.45, 2.75) is 13.7 Å². The van der Waals surface area contributed by atoms with Crippen LogP contribution in [0.4, 0.5) is 11.4 Å². The van der Waals surface area contributed by atoms with E-state index in [0.717, 1.165) is 5.56 Å². The third-order valence-corrected chi connectivity index (χ3v) is 4.95. The Bertz CT molecular complexity index is 1350. The normalized spacial score (nSPS) is 10.5. The number of hydrogen-bond acceptors (Lipinski definition) is 6. The van der Waals surface area contributed by atoms with Crippen LogP contribution in [0.25, 0.3) is 0 Å². The Morgan fingerprint density at radius 3 is 2.68 bits per heavy atom. The van der Waals surface area contributed by atoms with Crippen molar-refractivity contribution in [3.05, 3.63) is 105 Å². The third kappa shape index (κ3) is 5.70. The Morgan fingerprint density at radius 1 is 1.09 bits per heavy atom. The number of rotatable bonds is 8. The van der Waals surface area contributed by atoms with Crippen molar-refractivity contribution < 1.29 is 19.2 Å². The van der Waals surface area contributed by atoms with Gasteiger partial charge in [-0.2, -0.15) is 5.10 Å². The number of carbonyl (C=O) groups is 1. The largest absolute Gasteiger partial charge is 0.471 e. The number of halogens is 1. The Labute approximate surface area is 199 Å².